The maximum Gasteiger partial charge on any atom is 0.334 e. The molecule has 4 nitrogen and oxygen atoms in total. The second kappa shape index (κ2) is 4.18. The van der Waals surface area contributed by atoms with Crippen molar-refractivity contribution in [1.82, 2.24) is 0 Å². The van der Waals surface area contributed by atoms with Crippen molar-refractivity contribution < 1.29 is 19.4 Å². The summed E-state index contributed by atoms with van der Waals surface area (Å²) >= 11 is 0. The number of ether oxygens (including phenoxy) is 2. The Morgan fingerprint density at radius 2 is 2.26 bits per heavy atom. The van der Waals surface area contributed by atoms with Crippen LogP contribution < -0.4 is 0 Å². The highest BCUT2D eigenvalue weighted by Crippen LogP contribution is 2.47. The van der Waals surface area contributed by atoms with Gasteiger partial charge >= 0.3 is 5.97 Å². The molecule has 3 aliphatic rings. The highest BCUT2D eigenvalue weighted by Gasteiger charge is 2.56. The second-order valence-corrected chi connectivity index (χ2v) is 6.16. The molecule has 2 heterocycles. The van der Waals surface area contributed by atoms with Crippen LogP contribution in [0.25, 0.3) is 0 Å². The maximum atomic E-state index is 11.7. The Kier molecular flexibility index (Phi) is 2.84. The van der Waals surface area contributed by atoms with Crippen molar-refractivity contribution in [3.8, 4) is 0 Å². The lowest BCUT2D eigenvalue weighted by atomic mass is 9.83. The van der Waals surface area contributed by atoms with E-state index in [0.717, 1.165) is 18.4 Å². The number of fused-ring (bicyclic) bond motifs is 2. The van der Waals surface area contributed by atoms with Gasteiger partial charge in [0, 0.05) is 12.0 Å². The van der Waals surface area contributed by atoms with E-state index >= 15 is 0 Å². The van der Waals surface area contributed by atoms with Crippen molar-refractivity contribution in [3.63, 3.8) is 0 Å². The van der Waals surface area contributed by atoms with Crippen molar-refractivity contribution in [2.45, 2.75) is 57.0 Å². The molecule has 19 heavy (non-hydrogen) atoms. The topological polar surface area (TPSA) is 59.1 Å². The molecule has 2 aliphatic heterocycles. The Bertz CT molecular complexity index is 467. The van der Waals surface area contributed by atoms with Gasteiger partial charge < -0.3 is 14.6 Å². The minimum atomic E-state index is -0.706. The zero-order valence-corrected chi connectivity index (χ0v) is 11.4. The van der Waals surface area contributed by atoms with Gasteiger partial charge in [-0.2, -0.15) is 0 Å². The van der Waals surface area contributed by atoms with Crippen molar-refractivity contribution in [3.05, 3.63) is 23.8 Å². The number of epoxide rings is 1. The predicted octanol–water partition coefficient (Wildman–Crippen LogP) is 1.73. The average Bonchev–Trinajstić information content (AvgIpc) is 2.87. The maximum absolute atomic E-state index is 11.7. The van der Waals surface area contributed by atoms with Crippen molar-refractivity contribution in [2.24, 2.45) is 5.92 Å². The zero-order valence-electron chi connectivity index (χ0n) is 11.4. The van der Waals surface area contributed by atoms with Crippen LogP contribution in [0.1, 0.15) is 33.1 Å². The van der Waals surface area contributed by atoms with Gasteiger partial charge in [-0.3, -0.25) is 0 Å². The van der Waals surface area contributed by atoms with Crippen LogP contribution in [0, 0.1) is 5.92 Å². The molecule has 1 N–H and O–H groups in total. The Labute approximate surface area is 113 Å². The van der Waals surface area contributed by atoms with Gasteiger partial charge in [-0.1, -0.05) is 18.2 Å². The summed E-state index contributed by atoms with van der Waals surface area (Å²) in [6.07, 6.45) is 3.54. The fourth-order valence-electron chi connectivity index (χ4n) is 3.31. The molecule has 0 aromatic carbocycles. The predicted molar refractivity (Wildman–Crippen MR) is 69.4 cm³/mol. The third kappa shape index (κ3) is 2.13. The lowest BCUT2D eigenvalue weighted by Crippen LogP contribution is -2.32. The van der Waals surface area contributed by atoms with Crippen LogP contribution >= 0.6 is 0 Å². The van der Waals surface area contributed by atoms with Crippen LogP contribution in [-0.4, -0.2) is 35.0 Å². The molecule has 0 unspecified atom stereocenters. The first kappa shape index (κ1) is 12.9. The Morgan fingerprint density at radius 3 is 3.00 bits per heavy atom. The molecular formula is C15H20O4. The number of hydrogen-bond acceptors (Lipinski definition) is 4. The lowest BCUT2D eigenvalue weighted by Gasteiger charge is -2.24. The minimum Gasteiger partial charge on any atom is -0.458 e. The number of esters is 1. The molecule has 0 radical (unpaired) electrons. The van der Waals surface area contributed by atoms with Crippen molar-refractivity contribution in [1.29, 1.82) is 0 Å². The summed E-state index contributed by atoms with van der Waals surface area (Å²) in [6, 6.07) is 0. The van der Waals surface area contributed by atoms with Crippen LogP contribution in [0.5, 0.6) is 0 Å². The molecule has 5 atom stereocenters. The normalized spacial score (nSPS) is 45.9. The van der Waals surface area contributed by atoms with E-state index < -0.39 is 6.10 Å². The van der Waals surface area contributed by atoms with Crippen LogP contribution in [0.4, 0.5) is 0 Å². The molecule has 0 amide bonds. The lowest BCUT2D eigenvalue weighted by molar-refractivity contribution is -0.140. The number of rotatable bonds is 0. The first-order valence-corrected chi connectivity index (χ1v) is 6.84. The van der Waals surface area contributed by atoms with Gasteiger partial charge in [-0.25, -0.2) is 4.79 Å². The summed E-state index contributed by atoms with van der Waals surface area (Å²) in [7, 11) is 0. The van der Waals surface area contributed by atoms with E-state index in [9.17, 15) is 9.90 Å². The standard InChI is InChI=1S/C15H20O4/c1-8-4-5-12-15(3,19-12)7-11-13(10(16)6-8)9(2)14(17)18-11/h6,10-13,16H,2,4-5,7H2,1,3H3/t10-,11+,12+,13+,15+/m1/s1. The third-order valence-electron chi connectivity index (χ3n) is 4.59. The van der Waals surface area contributed by atoms with E-state index in [1.807, 2.05) is 13.0 Å². The molecule has 0 bridgehead atoms. The Morgan fingerprint density at radius 1 is 1.53 bits per heavy atom. The SMILES string of the molecule is C=C1C(=O)O[C@H]2C[C@]3(C)O[C@H]3CCC(C)=C[C@@H](O)[C@H]12. The smallest absolute Gasteiger partial charge is 0.334 e. The molecule has 0 saturated carbocycles. The fourth-order valence-corrected chi connectivity index (χ4v) is 3.31. The van der Waals surface area contributed by atoms with Gasteiger partial charge in [-0.15, -0.1) is 0 Å². The molecule has 0 aromatic rings. The van der Waals surface area contributed by atoms with Crippen molar-refractivity contribution in [2.75, 3.05) is 0 Å². The summed E-state index contributed by atoms with van der Waals surface area (Å²) < 4.78 is 11.1. The number of carbonyl (C=O) groups excluding carboxylic acids is 1. The summed E-state index contributed by atoms with van der Waals surface area (Å²) in [4.78, 5) is 11.7. The van der Waals surface area contributed by atoms with Gasteiger partial charge in [0.15, 0.2) is 0 Å². The van der Waals surface area contributed by atoms with E-state index in [-0.39, 0.29) is 29.7 Å². The molecular weight excluding hydrogens is 244 g/mol. The number of aliphatic hydroxyl groups is 1. The minimum absolute atomic E-state index is 0.217. The molecule has 0 spiro atoms. The molecule has 0 aromatic heterocycles. The third-order valence-corrected chi connectivity index (χ3v) is 4.59. The number of aliphatic hydroxyl groups excluding tert-OH is 1. The second-order valence-electron chi connectivity index (χ2n) is 6.16. The summed E-state index contributed by atoms with van der Waals surface area (Å²) in [5.74, 6) is -0.734. The largest absolute Gasteiger partial charge is 0.458 e. The van der Waals surface area contributed by atoms with E-state index in [2.05, 4.69) is 13.5 Å². The van der Waals surface area contributed by atoms with E-state index in [0.29, 0.717) is 12.0 Å². The van der Waals surface area contributed by atoms with E-state index in [1.54, 1.807) is 0 Å². The van der Waals surface area contributed by atoms with Gasteiger partial charge in [-0.05, 0) is 26.7 Å². The van der Waals surface area contributed by atoms with E-state index in [1.165, 1.54) is 0 Å². The van der Waals surface area contributed by atoms with Crippen molar-refractivity contribution >= 4 is 5.97 Å². The summed E-state index contributed by atoms with van der Waals surface area (Å²) in [6.45, 7) is 7.83. The van der Waals surface area contributed by atoms with Crippen LogP contribution in [-0.2, 0) is 14.3 Å². The molecule has 1 aliphatic carbocycles. The molecule has 3 rings (SSSR count). The van der Waals surface area contributed by atoms with Gasteiger partial charge in [0.25, 0.3) is 0 Å². The number of carbonyl (C=O) groups is 1. The van der Waals surface area contributed by atoms with E-state index in [4.69, 9.17) is 9.47 Å². The Balaban J connectivity index is 1.92. The van der Waals surface area contributed by atoms with Gasteiger partial charge in [0.05, 0.1) is 23.7 Å². The highest BCUT2D eigenvalue weighted by atomic mass is 16.6. The zero-order chi connectivity index (χ0) is 13.8. The molecule has 2 saturated heterocycles. The van der Waals surface area contributed by atoms with Crippen LogP contribution in [0.15, 0.2) is 23.8 Å². The van der Waals surface area contributed by atoms with Crippen LogP contribution in [0.2, 0.25) is 0 Å². The van der Waals surface area contributed by atoms with Crippen LogP contribution in [0.3, 0.4) is 0 Å². The molecule has 2 fully saturated rings. The number of allylic oxidation sites excluding steroid dienone is 1. The fraction of sp³-hybridized carbons (Fsp3) is 0.667. The highest BCUT2D eigenvalue weighted by molar-refractivity contribution is 5.91. The number of hydrogen-bond donors (Lipinski definition) is 1. The monoisotopic (exact) mass is 264 g/mol. The first-order valence-electron chi connectivity index (χ1n) is 6.84. The molecule has 104 valence electrons. The average molecular weight is 264 g/mol. The van der Waals surface area contributed by atoms with Gasteiger partial charge in [0.2, 0.25) is 0 Å². The summed E-state index contributed by atoms with van der Waals surface area (Å²) in [5, 5.41) is 10.3. The quantitative estimate of drug-likeness (QED) is 0.313. The summed E-state index contributed by atoms with van der Waals surface area (Å²) in [5.41, 5.74) is 1.28. The first-order chi connectivity index (χ1) is 8.90. The van der Waals surface area contributed by atoms with Gasteiger partial charge in [0.1, 0.15) is 6.10 Å². The Hall–Kier alpha value is -1.13. The molecule has 4 heteroatoms.